The SMILES string of the molecule is CC1C=CC2=C(C1)C1(c3ccccc3Oc3cc(-c4cc(-c5ccc(CC6c7ccccc7-c7ccccc76)cc5)cc(-c5ccccc5)n4)ccc31)c1ccccc12. The summed E-state index contributed by atoms with van der Waals surface area (Å²) in [5, 5.41) is 0. The standard InChI is InChI=1S/C57H41NO/c1-36-23-29-47-46-19-9-10-20-49(46)57(52(47)31-36)50-21-11-12-22-55(50)59-56-35-40(28-30-51(56)57)54-34-41(33-53(58-54)39-13-3-2-4-14-39)38-26-24-37(25-27-38)32-48-44-17-7-5-15-42(44)43-16-6-8-18-45(43)48/h2-30,33-36,48H,31-32H2,1H3. The van der Waals surface area contributed by atoms with Crippen LogP contribution in [-0.2, 0) is 11.8 Å². The van der Waals surface area contributed by atoms with Crippen molar-refractivity contribution >= 4 is 5.57 Å². The molecular formula is C57H41NO. The normalized spacial score (nSPS) is 18.1. The van der Waals surface area contributed by atoms with Crippen molar-refractivity contribution in [1.82, 2.24) is 4.98 Å². The minimum Gasteiger partial charge on any atom is -0.457 e. The maximum Gasteiger partial charge on any atom is 0.132 e. The van der Waals surface area contributed by atoms with Crippen LogP contribution in [0.2, 0.25) is 0 Å². The third kappa shape index (κ3) is 5.22. The lowest BCUT2D eigenvalue weighted by Gasteiger charge is -2.41. The average molecular weight is 756 g/mol. The molecule has 0 saturated heterocycles. The van der Waals surface area contributed by atoms with E-state index in [-0.39, 0.29) is 0 Å². The second kappa shape index (κ2) is 13.3. The molecule has 12 rings (SSSR count). The van der Waals surface area contributed by atoms with Crippen molar-refractivity contribution in [3.05, 3.63) is 239 Å². The van der Waals surface area contributed by atoms with Gasteiger partial charge in [-0.1, -0.05) is 177 Å². The lowest BCUT2D eigenvalue weighted by molar-refractivity contribution is 0.429. The highest BCUT2D eigenvalue weighted by Gasteiger charge is 2.52. The molecule has 2 unspecified atom stereocenters. The zero-order valence-electron chi connectivity index (χ0n) is 32.9. The minimum atomic E-state index is -0.428. The van der Waals surface area contributed by atoms with Gasteiger partial charge in [0.05, 0.1) is 16.8 Å². The first-order valence-electron chi connectivity index (χ1n) is 20.9. The van der Waals surface area contributed by atoms with Gasteiger partial charge in [-0.3, -0.25) is 0 Å². The number of allylic oxidation sites excluding steroid dienone is 4. The summed E-state index contributed by atoms with van der Waals surface area (Å²) in [6.07, 6.45) is 6.69. The van der Waals surface area contributed by atoms with Crippen LogP contribution in [0.3, 0.4) is 0 Å². The highest BCUT2D eigenvalue weighted by Crippen LogP contribution is 2.63. The summed E-state index contributed by atoms with van der Waals surface area (Å²) in [5.41, 5.74) is 20.7. The Morgan fingerprint density at radius 2 is 1.14 bits per heavy atom. The molecule has 0 radical (unpaired) electrons. The number of para-hydroxylation sites is 1. The van der Waals surface area contributed by atoms with Gasteiger partial charge in [-0.25, -0.2) is 4.98 Å². The van der Waals surface area contributed by atoms with Crippen molar-refractivity contribution in [2.24, 2.45) is 5.92 Å². The Morgan fingerprint density at radius 1 is 0.525 bits per heavy atom. The van der Waals surface area contributed by atoms with Gasteiger partial charge < -0.3 is 4.74 Å². The zero-order valence-corrected chi connectivity index (χ0v) is 32.9. The minimum absolute atomic E-state index is 0.348. The maximum atomic E-state index is 6.92. The van der Waals surface area contributed by atoms with Crippen LogP contribution in [0.4, 0.5) is 0 Å². The molecule has 0 fully saturated rings. The van der Waals surface area contributed by atoms with Gasteiger partial charge in [0.1, 0.15) is 11.5 Å². The smallest absolute Gasteiger partial charge is 0.132 e. The van der Waals surface area contributed by atoms with E-state index in [9.17, 15) is 0 Å². The second-order valence-corrected chi connectivity index (χ2v) is 16.7. The molecule has 59 heavy (non-hydrogen) atoms. The van der Waals surface area contributed by atoms with Crippen molar-refractivity contribution < 1.29 is 4.74 Å². The zero-order chi connectivity index (χ0) is 39.1. The fourth-order valence-electron chi connectivity index (χ4n) is 10.6. The first-order chi connectivity index (χ1) is 29.1. The van der Waals surface area contributed by atoms with Crippen molar-refractivity contribution in [1.29, 1.82) is 0 Å². The topological polar surface area (TPSA) is 22.1 Å². The highest BCUT2D eigenvalue weighted by atomic mass is 16.5. The van der Waals surface area contributed by atoms with Crippen LogP contribution in [0, 0.1) is 5.92 Å². The van der Waals surface area contributed by atoms with Gasteiger partial charge in [-0.05, 0) is 104 Å². The van der Waals surface area contributed by atoms with E-state index in [1.165, 1.54) is 66.8 Å². The van der Waals surface area contributed by atoms with Gasteiger partial charge in [-0.15, -0.1) is 0 Å². The van der Waals surface area contributed by atoms with Crippen LogP contribution < -0.4 is 4.74 Å². The number of nitrogens with zero attached hydrogens (tertiary/aromatic N) is 1. The first-order valence-corrected chi connectivity index (χ1v) is 20.9. The Morgan fingerprint density at radius 3 is 1.90 bits per heavy atom. The average Bonchev–Trinajstić information content (AvgIpc) is 3.76. The quantitative estimate of drug-likeness (QED) is 0.175. The van der Waals surface area contributed by atoms with E-state index in [4.69, 9.17) is 9.72 Å². The molecule has 280 valence electrons. The Balaban J connectivity index is 0.960. The van der Waals surface area contributed by atoms with Crippen molar-refractivity contribution in [3.63, 3.8) is 0 Å². The van der Waals surface area contributed by atoms with Gasteiger partial charge in [0, 0.05) is 28.2 Å². The van der Waals surface area contributed by atoms with Crippen molar-refractivity contribution in [2.75, 3.05) is 0 Å². The second-order valence-electron chi connectivity index (χ2n) is 16.7. The molecule has 1 aromatic heterocycles. The van der Waals surface area contributed by atoms with Crippen molar-refractivity contribution in [2.45, 2.75) is 31.1 Å². The molecule has 2 heterocycles. The van der Waals surface area contributed by atoms with Crippen molar-refractivity contribution in [3.8, 4) is 56.3 Å². The fourth-order valence-corrected chi connectivity index (χ4v) is 10.6. The molecule has 1 aliphatic heterocycles. The van der Waals surface area contributed by atoms with Crippen LogP contribution in [0.1, 0.15) is 58.2 Å². The van der Waals surface area contributed by atoms with Crippen LogP contribution in [-0.4, -0.2) is 4.98 Å². The van der Waals surface area contributed by atoms with Crippen LogP contribution in [0.25, 0.3) is 50.3 Å². The van der Waals surface area contributed by atoms with E-state index >= 15 is 0 Å². The van der Waals surface area contributed by atoms with Crippen LogP contribution >= 0.6 is 0 Å². The summed E-state index contributed by atoms with van der Waals surface area (Å²) in [5.74, 6) is 2.60. The number of benzene rings is 7. The van der Waals surface area contributed by atoms with E-state index < -0.39 is 5.41 Å². The number of aromatic nitrogens is 1. The fraction of sp³-hybridized carbons (Fsp3) is 0.105. The van der Waals surface area contributed by atoms with Gasteiger partial charge in [0.2, 0.25) is 0 Å². The van der Waals surface area contributed by atoms with Crippen LogP contribution in [0.5, 0.6) is 11.5 Å². The molecule has 0 bridgehead atoms. The maximum absolute atomic E-state index is 6.92. The molecule has 1 spiro atoms. The molecule has 2 nitrogen and oxygen atoms in total. The molecule has 2 atom stereocenters. The number of hydrogen-bond acceptors (Lipinski definition) is 2. The summed E-state index contributed by atoms with van der Waals surface area (Å²) >= 11 is 0. The number of fused-ring (bicyclic) bond motifs is 11. The molecule has 7 aromatic carbocycles. The lowest BCUT2D eigenvalue weighted by atomic mass is 9.63. The van der Waals surface area contributed by atoms with Gasteiger partial charge in [-0.2, -0.15) is 0 Å². The molecule has 0 saturated carbocycles. The first kappa shape index (κ1) is 34.0. The number of rotatable bonds is 5. The summed E-state index contributed by atoms with van der Waals surface area (Å²) in [4.78, 5) is 5.35. The Labute approximate surface area is 345 Å². The molecule has 2 heteroatoms. The van der Waals surface area contributed by atoms with Gasteiger partial charge in [0.25, 0.3) is 0 Å². The largest absolute Gasteiger partial charge is 0.457 e. The molecule has 3 aliphatic carbocycles. The number of ether oxygens (including phenoxy) is 1. The molecule has 0 amide bonds. The van der Waals surface area contributed by atoms with Gasteiger partial charge >= 0.3 is 0 Å². The molecule has 0 N–H and O–H groups in total. The summed E-state index contributed by atoms with van der Waals surface area (Å²) in [7, 11) is 0. The van der Waals surface area contributed by atoms with E-state index in [0.717, 1.165) is 52.4 Å². The third-order valence-electron chi connectivity index (χ3n) is 13.3. The highest BCUT2D eigenvalue weighted by molar-refractivity contribution is 5.93. The van der Waals surface area contributed by atoms with E-state index in [1.807, 2.05) is 0 Å². The third-order valence-corrected chi connectivity index (χ3v) is 13.3. The lowest BCUT2D eigenvalue weighted by Crippen LogP contribution is -2.34. The summed E-state index contributed by atoms with van der Waals surface area (Å²) < 4.78 is 6.92. The Hall–Kier alpha value is -7.03. The molecule has 4 aliphatic rings. The number of hydrogen-bond donors (Lipinski definition) is 0. The van der Waals surface area contributed by atoms with E-state index in [1.54, 1.807) is 0 Å². The van der Waals surface area contributed by atoms with E-state index in [0.29, 0.717) is 11.8 Å². The van der Waals surface area contributed by atoms with E-state index in [2.05, 4.69) is 201 Å². The predicted molar refractivity (Wildman–Crippen MR) is 241 cm³/mol. The van der Waals surface area contributed by atoms with Crippen LogP contribution in [0.15, 0.2) is 200 Å². The predicted octanol–water partition coefficient (Wildman–Crippen LogP) is 14.2. The molecule has 8 aromatic rings. The number of pyridine rings is 1. The Bertz CT molecular complexity index is 3000. The summed E-state index contributed by atoms with van der Waals surface area (Å²) in [6, 6.07) is 66.5. The summed E-state index contributed by atoms with van der Waals surface area (Å²) in [6.45, 7) is 2.33. The Kier molecular flexibility index (Phi) is 7.65. The van der Waals surface area contributed by atoms with Gasteiger partial charge in [0.15, 0.2) is 0 Å². The monoisotopic (exact) mass is 755 g/mol. The molecular weight excluding hydrogens is 715 g/mol.